The smallest absolute Gasteiger partial charge is 0.164 e. The van der Waals surface area contributed by atoms with E-state index >= 15 is 0 Å². The molecular formula is C20H22N2O4S2. The summed E-state index contributed by atoms with van der Waals surface area (Å²) in [6, 6.07) is 16.9. The third-order valence-electron chi connectivity index (χ3n) is 4.78. The van der Waals surface area contributed by atoms with E-state index in [4.69, 9.17) is 14.5 Å². The summed E-state index contributed by atoms with van der Waals surface area (Å²) in [5.74, 6) is 2.48. The van der Waals surface area contributed by atoms with E-state index in [1.54, 1.807) is 18.9 Å². The number of methoxy groups -OCH3 is 1. The molecule has 0 saturated carbocycles. The third-order valence-corrected chi connectivity index (χ3v) is 7.41. The predicted molar refractivity (Wildman–Crippen MR) is 114 cm³/mol. The fraction of sp³-hybridized carbons (Fsp3) is 0.350. The molecule has 8 heteroatoms. The van der Waals surface area contributed by atoms with Crippen molar-refractivity contribution in [3.8, 4) is 11.5 Å². The number of para-hydroxylation sites is 3. The first-order chi connectivity index (χ1) is 13.6. The maximum absolute atomic E-state index is 12.1. The van der Waals surface area contributed by atoms with Crippen molar-refractivity contribution in [1.82, 2.24) is 0 Å². The van der Waals surface area contributed by atoms with Crippen LogP contribution in [0, 0.1) is 0 Å². The van der Waals surface area contributed by atoms with Gasteiger partial charge >= 0.3 is 0 Å². The second-order valence-corrected chi connectivity index (χ2v) is 9.89. The molecule has 1 fully saturated rings. The third kappa shape index (κ3) is 3.98. The maximum Gasteiger partial charge on any atom is 0.164 e. The van der Waals surface area contributed by atoms with E-state index < -0.39 is 9.84 Å². The molecule has 2 atom stereocenters. The lowest BCUT2D eigenvalue weighted by Gasteiger charge is -2.27. The molecule has 28 heavy (non-hydrogen) atoms. The molecule has 2 heterocycles. The highest BCUT2D eigenvalue weighted by Crippen LogP contribution is 2.39. The zero-order valence-corrected chi connectivity index (χ0v) is 17.2. The molecule has 0 bridgehead atoms. The lowest BCUT2D eigenvalue weighted by Crippen LogP contribution is -2.39. The Morgan fingerprint density at radius 2 is 1.86 bits per heavy atom. The Balaban J connectivity index is 1.51. The van der Waals surface area contributed by atoms with E-state index in [1.807, 2.05) is 59.5 Å². The number of nitrogens with zero attached hydrogens (tertiary/aromatic N) is 2. The van der Waals surface area contributed by atoms with Gasteiger partial charge in [0.2, 0.25) is 0 Å². The summed E-state index contributed by atoms with van der Waals surface area (Å²) in [5.41, 5.74) is 0.852. The van der Waals surface area contributed by atoms with Crippen LogP contribution < -0.4 is 14.4 Å². The van der Waals surface area contributed by atoms with Crippen LogP contribution in [0.5, 0.6) is 11.5 Å². The molecule has 0 radical (unpaired) electrons. The number of fused-ring (bicyclic) bond motifs is 1. The minimum atomic E-state index is -3.07. The van der Waals surface area contributed by atoms with Crippen molar-refractivity contribution < 1.29 is 17.9 Å². The van der Waals surface area contributed by atoms with Crippen LogP contribution in [0.25, 0.3) is 0 Å². The van der Waals surface area contributed by atoms with Crippen molar-refractivity contribution in [2.75, 3.05) is 35.9 Å². The van der Waals surface area contributed by atoms with Crippen molar-refractivity contribution in [3.63, 3.8) is 0 Å². The molecule has 148 valence electrons. The highest BCUT2D eigenvalue weighted by molar-refractivity contribution is 8.14. The van der Waals surface area contributed by atoms with Gasteiger partial charge in [0.05, 0.1) is 43.0 Å². The van der Waals surface area contributed by atoms with Crippen LogP contribution in [0.4, 0.5) is 5.69 Å². The van der Waals surface area contributed by atoms with Crippen molar-refractivity contribution in [2.45, 2.75) is 12.1 Å². The van der Waals surface area contributed by atoms with E-state index in [2.05, 4.69) is 0 Å². The zero-order valence-electron chi connectivity index (χ0n) is 15.5. The van der Waals surface area contributed by atoms with E-state index in [0.29, 0.717) is 18.1 Å². The normalized spacial score (nSPS) is 22.6. The highest BCUT2D eigenvalue weighted by atomic mass is 32.2. The monoisotopic (exact) mass is 418 g/mol. The van der Waals surface area contributed by atoms with Gasteiger partial charge in [-0.05, 0) is 24.3 Å². The average Bonchev–Trinajstić information content (AvgIpc) is 3.17. The Kier molecular flexibility index (Phi) is 5.50. The maximum atomic E-state index is 12.1. The largest absolute Gasteiger partial charge is 0.495 e. The van der Waals surface area contributed by atoms with Crippen LogP contribution in [0.3, 0.4) is 0 Å². The van der Waals surface area contributed by atoms with Crippen molar-refractivity contribution in [2.24, 2.45) is 4.99 Å². The van der Waals surface area contributed by atoms with E-state index in [9.17, 15) is 8.42 Å². The van der Waals surface area contributed by atoms with Gasteiger partial charge in [-0.2, -0.15) is 0 Å². The first kappa shape index (κ1) is 19.1. The number of thioether (sulfide) groups is 1. The molecule has 0 spiro atoms. The molecule has 0 unspecified atom stereocenters. The summed E-state index contributed by atoms with van der Waals surface area (Å²) in [4.78, 5) is 6.77. The van der Waals surface area contributed by atoms with E-state index in [0.717, 1.165) is 16.6 Å². The summed E-state index contributed by atoms with van der Waals surface area (Å²) >= 11 is 1.58. The van der Waals surface area contributed by atoms with Crippen LogP contribution in [0.2, 0.25) is 0 Å². The van der Waals surface area contributed by atoms with Crippen LogP contribution in [0.15, 0.2) is 59.6 Å². The summed E-state index contributed by atoms with van der Waals surface area (Å²) < 4.78 is 35.6. The van der Waals surface area contributed by atoms with Gasteiger partial charge in [0.15, 0.2) is 15.0 Å². The predicted octanol–water partition coefficient (Wildman–Crippen LogP) is 2.85. The topological polar surface area (TPSA) is 68.2 Å². The van der Waals surface area contributed by atoms with Crippen LogP contribution in [-0.4, -0.2) is 56.6 Å². The lowest BCUT2D eigenvalue weighted by atomic mass is 10.1. The van der Waals surface area contributed by atoms with Gasteiger partial charge in [-0.25, -0.2) is 8.42 Å². The van der Waals surface area contributed by atoms with Gasteiger partial charge in [0, 0.05) is 5.75 Å². The number of anilines is 1. The number of ether oxygens (including phenoxy) is 2. The number of aliphatic imine (C=N–C) groups is 1. The van der Waals surface area contributed by atoms with Gasteiger partial charge in [-0.15, -0.1) is 0 Å². The van der Waals surface area contributed by atoms with Crippen LogP contribution >= 0.6 is 11.8 Å². The fourth-order valence-corrected chi connectivity index (χ4v) is 6.33. The number of rotatable bonds is 6. The number of amidine groups is 1. The average molecular weight is 419 g/mol. The Labute approximate surface area is 169 Å². The Morgan fingerprint density at radius 1 is 1.11 bits per heavy atom. The van der Waals surface area contributed by atoms with E-state index in [1.165, 1.54) is 0 Å². The molecule has 2 aliphatic rings. The molecule has 0 aromatic heterocycles. The number of hydrogen-bond acceptors (Lipinski definition) is 7. The molecule has 2 aliphatic heterocycles. The number of hydrogen-bond donors (Lipinski definition) is 0. The summed E-state index contributed by atoms with van der Waals surface area (Å²) in [5, 5.41) is 0.825. The fourth-order valence-electron chi connectivity index (χ4n) is 3.55. The van der Waals surface area contributed by atoms with Crippen molar-refractivity contribution in [1.29, 1.82) is 0 Å². The molecule has 0 N–H and O–H groups in total. The molecule has 6 nitrogen and oxygen atoms in total. The Hall–Kier alpha value is -2.19. The van der Waals surface area contributed by atoms with Crippen molar-refractivity contribution >= 4 is 32.5 Å². The molecule has 2 aromatic rings. The highest BCUT2D eigenvalue weighted by Gasteiger charge is 2.47. The molecular weight excluding hydrogens is 396 g/mol. The molecule has 0 aliphatic carbocycles. The second-order valence-electron chi connectivity index (χ2n) is 6.68. The van der Waals surface area contributed by atoms with Gasteiger partial charge in [-0.1, -0.05) is 42.1 Å². The van der Waals surface area contributed by atoms with Gasteiger partial charge in [0.25, 0.3) is 0 Å². The van der Waals surface area contributed by atoms with Gasteiger partial charge < -0.3 is 14.4 Å². The molecule has 4 rings (SSSR count). The number of benzene rings is 2. The second kappa shape index (κ2) is 8.05. The first-order valence-electron chi connectivity index (χ1n) is 9.08. The van der Waals surface area contributed by atoms with Crippen LogP contribution in [0.1, 0.15) is 0 Å². The first-order valence-corrected chi connectivity index (χ1v) is 11.9. The minimum absolute atomic E-state index is 0.105. The minimum Gasteiger partial charge on any atom is -0.495 e. The van der Waals surface area contributed by atoms with Crippen LogP contribution in [-0.2, 0) is 9.84 Å². The standard InChI is InChI=1S/C20H22N2O4S2/c1-25-19-10-6-5-9-17(19)22-18-14-28(23,24)13-16(18)21-20(22)27-12-11-26-15-7-3-2-4-8-15/h2-10,16,18H,11-14H2,1H3/t16-,18+/m1/s1. The lowest BCUT2D eigenvalue weighted by molar-refractivity contribution is 0.344. The summed E-state index contributed by atoms with van der Waals surface area (Å²) in [6.45, 7) is 0.543. The molecule has 1 saturated heterocycles. The SMILES string of the molecule is COc1ccccc1N1C(SCCOc2ccccc2)=N[C@@H]2CS(=O)(=O)C[C@@H]21. The van der Waals surface area contributed by atoms with E-state index in [-0.39, 0.29) is 23.6 Å². The summed E-state index contributed by atoms with van der Waals surface area (Å²) in [7, 11) is -1.45. The van der Waals surface area contributed by atoms with Gasteiger partial charge in [-0.3, -0.25) is 4.99 Å². The zero-order chi connectivity index (χ0) is 19.6. The van der Waals surface area contributed by atoms with Crippen molar-refractivity contribution in [3.05, 3.63) is 54.6 Å². The summed E-state index contributed by atoms with van der Waals surface area (Å²) in [6.07, 6.45) is 0. The Morgan fingerprint density at radius 3 is 2.64 bits per heavy atom. The molecule has 0 amide bonds. The number of sulfone groups is 1. The molecule has 2 aromatic carbocycles. The van der Waals surface area contributed by atoms with Gasteiger partial charge in [0.1, 0.15) is 11.5 Å². The Bertz CT molecular complexity index is 963. The quantitative estimate of drug-likeness (QED) is 0.672.